The van der Waals surface area contributed by atoms with E-state index in [1.165, 1.54) is 0 Å². The highest BCUT2D eigenvalue weighted by Gasteiger charge is 2.25. The average Bonchev–Trinajstić information content (AvgIpc) is 2.50. The predicted octanol–water partition coefficient (Wildman–Crippen LogP) is 0.635. The van der Waals surface area contributed by atoms with Gasteiger partial charge in [0.05, 0.1) is 0 Å². The van der Waals surface area contributed by atoms with Gasteiger partial charge in [-0.1, -0.05) is 0 Å². The molecule has 0 unspecified atom stereocenters. The smallest absolute Gasteiger partial charge is 0.237 e. The third kappa shape index (κ3) is 3.16. The van der Waals surface area contributed by atoms with Crippen LogP contribution in [-0.4, -0.2) is 55.3 Å². The summed E-state index contributed by atoms with van der Waals surface area (Å²) >= 11 is 5.48. The Morgan fingerprint density at radius 1 is 1.62 bits per heavy atom. The van der Waals surface area contributed by atoms with E-state index in [0.717, 1.165) is 26.1 Å². The maximum absolute atomic E-state index is 11.2. The van der Waals surface area contributed by atoms with E-state index < -0.39 is 0 Å². The molecular weight excluding hydrogens is 188 g/mol. The molecule has 3 nitrogen and oxygen atoms in total. The number of carbonyl (C=O) groups is 1. The highest BCUT2D eigenvalue weighted by molar-refractivity contribution is 6.27. The molecule has 1 heterocycles. The molecule has 0 aromatic heterocycles. The van der Waals surface area contributed by atoms with Crippen LogP contribution in [0.2, 0.25) is 0 Å². The minimum Gasteiger partial charge on any atom is -0.341 e. The minimum absolute atomic E-state index is 0.0722. The summed E-state index contributed by atoms with van der Waals surface area (Å²) in [6.45, 7) is 2.82. The van der Waals surface area contributed by atoms with Crippen LogP contribution in [0.25, 0.3) is 0 Å². The van der Waals surface area contributed by atoms with Crippen molar-refractivity contribution in [2.75, 3.05) is 39.6 Å². The van der Waals surface area contributed by atoms with E-state index in [-0.39, 0.29) is 11.8 Å². The Labute approximate surface area is 84.6 Å². The van der Waals surface area contributed by atoms with Crippen LogP contribution in [-0.2, 0) is 4.79 Å². The second kappa shape index (κ2) is 4.82. The van der Waals surface area contributed by atoms with E-state index in [1.807, 2.05) is 4.90 Å². The number of hydrogen-bond acceptors (Lipinski definition) is 2. The molecule has 1 saturated heterocycles. The third-order valence-corrected chi connectivity index (χ3v) is 2.60. The average molecular weight is 205 g/mol. The van der Waals surface area contributed by atoms with Crippen LogP contribution in [0.1, 0.15) is 6.42 Å². The Morgan fingerprint density at radius 3 is 2.85 bits per heavy atom. The molecule has 0 aliphatic carbocycles. The largest absolute Gasteiger partial charge is 0.341 e. The Bertz CT molecular complexity index is 184. The molecule has 1 amide bonds. The van der Waals surface area contributed by atoms with Crippen molar-refractivity contribution in [1.82, 2.24) is 9.80 Å². The van der Waals surface area contributed by atoms with Gasteiger partial charge in [-0.15, -0.1) is 11.6 Å². The van der Waals surface area contributed by atoms with E-state index in [4.69, 9.17) is 11.6 Å². The van der Waals surface area contributed by atoms with Gasteiger partial charge in [0.15, 0.2) is 0 Å². The van der Waals surface area contributed by atoms with Crippen molar-refractivity contribution < 1.29 is 4.79 Å². The molecule has 76 valence electrons. The summed E-state index contributed by atoms with van der Waals surface area (Å²) in [5, 5.41) is 0. The van der Waals surface area contributed by atoms with Crippen molar-refractivity contribution in [3.05, 3.63) is 0 Å². The van der Waals surface area contributed by atoms with Gasteiger partial charge < -0.3 is 9.80 Å². The first kappa shape index (κ1) is 10.8. The molecule has 0 spiro atoms. The molecule has 1 atom stereocenters. The molecule has 0 N–H and O–H groups in total. The van der Waals surface area contributed by atoms with E-state index in [2.05, 4.69) is 19.0 Å². The monoisotopic (exact) mass is 204 g/mol. The Hall–Kier alpha value is -0.280. The molecule has 1 rings (SSSR count). The second-order valence-corrected chi connectivity index (χ2v) is 4.16. The fraction of sp³-hybridized carbons (Fsp3) is 0.889. The zero-order valence-corrected chi connectivity index (χ0v) is 9.05. The van der Waals surface area contributed by atoms with E-state index in [1.54, 1.807) is 0 Å². The number of amides is 1. The lowest BCUT2D eigenvalue weighted by Crippen LogP contribution is -2.31. The van der Waals surface area contributed by atoms with Gasteiger partial charge in [0, 0.05) is 19.6 Å². The Morgan fingerprint density at radius 2 is 2.31 bits per heavy atom. The first-order valence-electron chi connectivity index (χ1n) is 4.62. The number of likely N-dealkylation sites (tertiary alicyclic amines) is 1. The lowest BCUT2D eigenvalue weighted by Gasteiger charge is -2.17. The van der Waals surface area contributed by atoms with Gasteiger partial charge in [-0.3, -0.25) is 4.79 Å². The van der Waals surface area contributed by atoms with E-state index in [9.17, 15) is 4.79 Å². The van der Waals surface area contributed by atoms with Crippen molar-refractivity contribution in [2.45, 2.75) is 6.42 Å². The SMILES string of the molecule is CN(C)C[C@@H]1CCN(C(=O)CCl)C1. The van der Waals surface area contributed by atoms with Crippen LogP contribution >= 0.6 is 11.6 Å². The number of nitrogens with zero attached hydrogens (tertiary/aromatic N) is 2. The molecule has 1 fully saturated rings. The molecule has 4 heteroatoms. The topological polar surface area (TPSA) is 23.6 Å². The molecule has 0 saturated carbocycles. The van der Waals surface area contributed by atoms with Crippen molar-refractivity contribution in [3.63, 3.8) is 0 Å². The summed E-state index contributed by atoms with van der Waals surface area (Å²) in [5.74, 6) is 0.819. The fourth-order valence-electron chi connectivity index (χ4n) is 1.81. The second-order valence-electron chi connectivity index (χ2n) is 3.89. The molecule has 1 aliphatic rings. The summed E-state index contributed by atoms with van der Waals surface area (Å²) in [6, 6.07) is 0. The number of halogens is 1. The normalized spacial score (nSPS) is 22.8. The summed E-state index contributed by atoms with van der Waals surface area (Å²) in [5.41, 5.74) is 0. The lowest BCUT2D eigenvalue weighted by atomic mass is 10.1. The van der Waals surface area contributed by atoms with Crippen molar-refractivity contribution in [3.8, 4) is 0 Å². The van der Waals surface area contributed by atoms with Crippen LogP contribution in [0, 0.1) is 5.92 Å². The van der Waals surface area contributed by atoms with Crippen LogP contribution in [0.5, 0.6) is 0 Å². The molecule has 0 aromatic rings. The number of rotatable bonds is 3. The van der Waals surface area contributed by atoms with Gasteiger partial charge in [0.1, 0.15) is 5.88 Å². The summed E-state index contributed by atoms with van der Waals surface area (Å²) in [6.07, 6.45) is 1.11. The van der Waals surface area contributed by atoms with Crippen LogP contribution in [0.3, 0.4) is 0 Å². The molecule has 0 radical (unpaired) electrons. The van der Waals surface area contributed by atoms with Gasteiger partial charge in [-0.25, -0.2) is 0 Å². The summed E-state index contributed by atoms with van der Waals surface area (Å²) in [4.78, 5) is 15.3. The van der Waals surface area contributed by atoms with Crippen molar-refractivity contribution in [1.29, 1.82) is 0 Å². The number of hydrogen-bond donors (Lipinski definition) is 0. The van der Waals surface area contributed by atoms with E-state index in [0.29, 0.717) is 5.92 Å². The lowest BCUT2D eigenvalue weighted by molar-refractivity contribution is -0.127. The molecule has 0 aromatic carbocycles. The molecule has 0 bridgehead atoms. The summed E-state index contributed by atoms with van der Waals surface area (Å²) in [7, 11) is 4.12. The van der Waals surface area contributed by atoms with Gasteiger partial charge in [0.25, 0.3) is 0 Å². The van der Waals surface area contributed by atoms with Crippen molar-refractivity contribution >= 4 is 17.5 Å². The third-order valence-electron chi connectivity index (χ3n) is 2.38. The highest BCUT2D eigenvalue weighted by atomic mass is 35.5. The maximum atomic E-state index is 11.2. The quantitative estimate of drug-likeness (QED) is 0.630. The molecular formula is C9H17ClN2O. The van der Waals surface area contributed by atoms with Crippen LogP contribution in [0.4, 0.5) is 0 Å². The Kier molecular flexibility index (Phi) is 4.00. The zero-order chi connectivity index (χ0) is 9.84. The maximum Gasteiger partial charge on any atom is 0.237 e. The summed E-state index contributed by atoms with van der Waals surface area (Å²) < 4.78 is 0. The van der Waals surface area contributed by atoms with Gasteiger partial charge >= 0.3 is 0 Å². The number of alkyl halides is 1. The predicted molar refractivity (Wildman–Crippen MR) is 54.0 cm³/mol. The molecule has 1 aliphatic heterocycles. The van der Waals surface area contributed by atoms with Gasteiger partial charge in [-0.05, 0) is 26.4 Å². The first-order valence-corrected chi connectivity index (χ1v) is 5.15. The van der Waals surface area contributed by atoms with Gasteiger partial charge in [-0.2, -0.15) is 0 Å². The zero-order valence-electron chi connectivity index (χ0n) is 8.29. The van der Waals surface area contributed by atoms with Crippen LogP contribution in [0.15, 0.2) is 0 Å². The number of carbonyl (C=O) groups excluding carboxylic acids is 1. The highest BCUT2D eigenvalue weighted by Crippen LogP contribution is 2.16. The molecule has 13 heavy (non-hydrogen) atoms. The van der Waals surface area contributed by atoms with Crippen LogP contribution < -0.4 is 0 Å². The Balaban J connectivity index is 2.32. The first-order chi connectivity index (χ1) is 6.13. The fourth-order valence-corrected chi connectivity index (χ4v) is 1.98. The minimum atomic E-state index is 0.0722. The standard InChI is InChI=1S/C9H17ClN2O/c1-11(2)6-8-3-4-12(7-8)9(13)5-10/h8H,3-7H2,1-2H3/t8-/m0/s1. The van der Waals surface area contributed by atoms with Gasteiger partial charge in [0.2, 0.25) is 5.91 Å². The van der Waals surface area contributed by atoms with E-state index >= 15 is 0 Å². The van der Waals surface area contributed by atoms with Crippen molar-refractivity contribution in [2.24, 2.45) is 5.92 Å².